The number of halogens is 1. The third-order valence-corrected chi connectivity index (χ3v) is 4.63. The number of rotatable bonds is 7. The van der Waals surface area contributed by atoms with Crippen LogP contribution in [0.4, 0.5) is 5.69 Å². The first-order chi connectivity index (χ1) is 12.4. The average molecular weight is 375 g/mol. The number of hydrogen-bond donors (Lipinski definition) is 3. The van der Waals surface area contributed by atoms with Crippen molar-refractivity contribution in [2.75, 3.05) is 18.4 Å². The summed E-state index contributed by atoms with van der Waals surface area (Å²) in [5.74, 6) is -0.417. The third kappa shape index (κ3) is 5.86. The Balaban J connectivity index is 1.75. The largest absolute Gasteiger partial charge is 0.342 e. The zero-order valence-electron chi connectivity index (χ0n) is 15.3. The van der Waals surface area contributed by atoms with Gasteiger partial charge in [0, 0.05) is 16.3 Å². The number of nitrogens with one attached hydrogen (secondary N) is 2. The molecule has 2 amide bonds. The molecule has 4 N–H and O–H groups in total. The molecule has 0 bridgehead atoms. The number of benzene rings is 2. The molecule has 0 heterocycles. The third-order valence-electron chi connectivity index (χ3n) is 4.38. The first-order valence-corrected chi connectivity index (χ1v) is 8.96. The normalized spacial score (nSPS) is 11.7. The topological polar surface area (TPSA) is 74.8 Å². The zero-order chi connectivity index (χ0) is 19.1. The van der Waals surface area contributed by atoms with Crippen molar-refractivity contribution in [3.8, 4) is 0 Å². The number of amides is 2. The summed E-state index contributed by atoms with van der Waals surface area (Å²) in [6.07, 6.45) is 0. The van der Waals surface area contributed by atoms with Gasteiger partial charge in [0.2, 0.25) is 5.91 Å². The highest BCUT2D eigenvalue weighted by Gasteiger charge is 2.13. The fourth-order valence-corrected chi connectivity index (χ4v) is 2.64. The number of aryl methyl sites for hydroxylation is 1. The Hall–Kier alpha value is -2.37. The Labute approximate surface area is 159 Å². The highest BCUT2D eigenvalue weighted by atomic mass is 35.5. The van der Waals surface area contributed by atoms with E-state index in [1.165, 1.54) is 0 Å². The van der Waals surface area contributed by atoms with Crippen LogP contribution in [0.3, 0.4) is 0 Å². The van der Waals surface area contributed by atoms with Crippen LogP contribution in [0.15, 0.2) is 42.5 Å². The molecule has 2 aromatic rings. The number of carbonyl (C=O) groups is 2. The van der Waals surface area contributed by atoms with E-state index in [1.54, 1.807) is 0 Å². The minimum atomic E-state index is -0.238. The average Bonchev–Trinajstić information content (AvgIpc) is 2.62. The van der Waals surface area contributed by atoms with E-state index in [1.807, 2.05) is 68.6 Å². The van der Waals surface area contributed by atoms with Gasteiger partial charge in [-0.15, -0.1) is 0 Å². The number of anilines is 1. The second-order valence-electron chi connectivity index (χ2n) is 6.35. The maximum atomic E-state index is 12.0. The van der Waals surface area contributed by atoms with Crippen LogP contribution in [0.25, 0.3) is 0 Å². The van der Waals surface area contributed by atoms with Crippen molar-refractivity contribution in [1.82, 2.24) is 5.32 Å². The number of nitrogens with two attached hydrogens (primary N) is 1. The summed E-state index contributed by atoms with van der Waals surface area (Å²) >= 11 is 5.88. The fourth-order valence-electron chi connectivity index (χ4n) is 2.52. The van der Waals surface area contributed by atoms with Crippen molar-refractivity contribution < 1.29 is 14.9 Å². The molecule has 0 aliphatic carbocycles. The summed E-state index contributed by atoms with van der Waals surface area (Å²) in [4.78, 5) is 24.0. The monoisotopic (exact) mass is 374 g/mol. The lowest BCUT2D eigenvalue weighted by atomic mass is 10.1. The molecule has 0 aromatic heterocycles. The number of carbonyl (C=O) groups excluding carboxylic acids is 2. The van der Waals surface area contributed by atoms with Crippen molar-refractivity contribution >= 4 is 29.1 Å². The molecule has 0 fully saturated rings. The Kier molecular flexibility index (Phi) is 7.18. The Morgan fingerprint density at radius 1 is 1.08 bits per heavy atom. The Bertz CT molecular complexity index is 775. The first kappa shape index (κ1) is 19.9. The summed E-state index contributed by atoms with van der Waals surface area (Å²) in [5.41, 5.74) is 4.00. The van der Waals surface area contributed by atoms with E-state index >= 15 is 0 Å². The summed E-state index contributed by atoms with van der Waals surface area (Å²) in [7, 11) is 0. The van der Waals surface area contributed by atoms with Crippen LogP contribution in [0.1, 0.15) is 29.7 Å². The molecule has 5 nitrogen and oxygen atoms in total. The quantitative estimate of drug-likeness (QED) is 0.695. The number of hydrogen-bond acceptors (Lipinski definition) is 2. The molecule has 2 aromatic carbocycles. The smallest absolute Gasteiger partial charge is 0.275 e. The maximum absolute atomic E-state index is 12.0. The lowest BCUT2D eigenvalue weighted by Gasteiger charge is -2.12. The molecule has 0 saturated carbocycles. The van der Waals surface area contributed by atoms with Gasteiger partial charge in [-0.25, -0.2) is 0 Å². The Morgan fingerprint density at radius 2 is 1.77 bits per heavy atom. The van der Waals surface area contributed by atoms with Gasteiger partial charge in [0.05, 0.1) is 6.54 Å². The van der Waals surface area contributed by atoms with E-state index in [4.69, 9.17) is 11.6 Å². The summed E-state index contributed by atoms with van der Waals surface area (Å²) in [5, 5.41) is 8.08. The van der Waals surface area contributed by atoms with Gasteiger partial charge in [-0.1, -0.05) is 35.9 Å². The Morgan fingerprint density at radius 3 is 2.46 bits per heavy atom. The lowest BCUT2D eigenvalue weighted by Crippen LogP contribution is -2.87. The predicted molar refractivity (Wildman–Crippen MR) is 104 cm³/mol. The molecule has 0 radical (unpaired) electrons. The molecule has 0 spiro atoms. The van der Waals surface area contributed by atoms with E-state index < -0.39 is 0 Å². The molecule has 0 saturated heterocycles. The molecule has 26 heavy (non-hydrogen) atoms. The maximum Gasteiger partial charge on any atom is 0.275 e. The molecule has 2 rings (SSSR count). The molecule has 0 aliphatic heterocycles. The van der Waals surface area contributed by atoms with Crippen LogP contribution in [0, 0.1) is 13.8 Å². The van der Waals surface area contributed by atoms with Crippen LogP contribution in [-0.4, -0.2) is 24.9 Å². The second kappa shape index (κ2) is 9.36. The van der Waals surface area contributed by atoms with E-state index in [9.17, 15) is 9.59 Å². The van der Waals surface area contributed by atoms with Gasteiger partial charge in [-0.2, -0.15) is 0 Å². The van der Waals surface area contributed by atoms with Gasteiger partial charge in [0.15, 0.2) is 6.54 Å². The minimum Gasteiger partial charge on any atom is -0.342 e. The number of quaternary nitrogens is 1. The van der Waals surface area contributed by atoms with Gasteiger partial charge in [0.1, 0.15) is 6.04 Å². The van der Waals surface area contributed by atoms with Crippen LogP contribution >= 0.6 is 11.6 Å². The van der Waals surface area contributed by atoms with Crippen molar-refractivity contribution in [2.45, 2.75) is 26.8 Å². The molecular weight excluding hydrogens is 350 g/mol. The van der Waals surface area contributed by atoms with Crippen molar-refractivity contribution in [3.05, 3.63) is 64.2 Å². The SMILES string of the molecule is Cc1cccc(NC(=O)CNC(=O)C[NH2+][C@H](C)c2ccc(Cl)cc2)c1C. The van der Waals surface area contributed by atoms with Gasteiger partial charge in [-0.05, 0) is 50.1 Å². The van der Waals surface area contributed by atoms with Crippen LogP contribution in [0.2, 0.25) is 5.02 Å². The van der Waals surface area contributed by atoms with E-state index in [-0.39, 0.29) is 30.9 Å². The van der Waals surface area contributed by atoms with Gasteiger partial charge < -0.3 is 16.0 Å². The molecule has 0 aliphatic rings. The molecule has 138 valence electrons. The van der Waals surface area contributed by atoms with Crippen LogP contribution in [-0.2, 0) is 9.59 Å². The van der Waals surface area contributed by atoms with E-state index in [0.29, 0.717) is 5.02 Å². The lowest BCUT2D eigenvalue weighted by molar-refractivity contribution is -0.682. The highest BCUT2D eigenvalue weighted by molar-refractivity contribution is 6.30. The molecule has 1 atom stereocenters. The van der Waals surface area contributed by atoms with E-state index in [0.717, 1.165) is 22.4 Å². The minimum absolute atomic E-state index is 0.0462. The summed E-state index contributed by atoms with van der Waals surface area (Å²) < 4.78 is 0. The molecule has 6 heteroatoms. The van der Waals surface area contributed by atoms with Crippen molar-refractivity contribution in [1.29, 1.82) is 0 Å². The van der Waals surface area contributed by atoms with Gasteiger partial charge >= 0.3 is 0 Å². The van der Waals surface area contributed by atoms with Gasteiger partial charge in [0.25, 0.3) is 5.91 Å². The van der Waals surface area contributed by atoms with E-state index in [2.05, 4.69) is 10.6 Å². The first-order valence-electron chi connectivity index (χ1n) is 8.58. The summed E-state index contributed by atoms with van der Waals surface area (Å²) in [6.45, 7) is 6.17. The predicted octanol–water partition coefficient (Wildman–Crippen LogP) is 2.34. The van der Waals surface area contributed by atoms with Crippen LogP contribution < -0.4 is 16.0 Å². The second-order valence-corrected chi connectivity index (χ2v) is 6.79. The highest BCUT2D eigenvalue weighted by Crippen LogP contribution is 2.17. The zero-order valence-corrected chi connectivity index (χ0v) is 16.1. The van der Waals surface area contributed by atoms with Crippen molar-refractivity contribution in [2.24, 2.45) is 0 Å². The van der Waals surface area contributed by atoms with Crippen molar-refractivity contribution in [3.63, 3.8) is 0 Å². The van der Waals surface area contributed by atoms with Gasteiger partial charge in [-0.3, -0.25) is 9.59 Å². The molecular formula is C20H25ClN3O2+. The van der Waals surface area contributed by atoms with Crippen LogP contribution in [0.5, 0.6) is 0 Å². The summed E-state index contributed by atoms with van der Waals surface area (Å²) in [6, 6.07) is 13.4. The molecule has 0 unspecified atom stereocenters. The fraction of sp³-hybridized carbons (Fsp3) is 0.300. The standard InChI is InChI=1S/C20H24ClN3O2/c1-13-5-4-6-18(14(13)2)24-20(26)12-23-19(25)11-22-15(3)16-7-9-17(21)10-8-16/h4-10,15,22H,11-12H2,1-3H3,(H,23,25)(H,24,26)/p+1/t15-/m1/s1.